The van der Waals surface area contributed by atoms with Gasteiger partial charge in [0, 0.05) is 18.1 Å². The summed E-state index contributed by atoms with van der Waals surface area (Å²) in [7, 11) is 2.23. The van der Waals surface area contributed by atoms with Crippen molar-refractivity contribution in [2.75, 3.05) is 20.3 Å². The highest BCUT2D eigenvalue weighted by atomic mass is 16.3. The zero-order chi connectivity index (χ0) is 12.5. The monoisotopic (exact) mass is 242 g/mol. The van der Waals surface area contributed by atoms with Crippen molar-refractivity contribution in [1.29, 1.82) is 0 Å². The Hall–Kier alpha value is -0.160. The van der Waals surface area contributed by atoms with Crippen LogP contribution < -0.4 is 5.32 Å². The number of rotatable bonds is 5. The summed E-state index contributed by atoms with van der Waals surface area (Å²) in [6.45, 7) is 2.05. The maximum absolute atomic E-state index is 9.47. The molecule has 2 unspecified atom stereocenters. The van der Waals surface area contributed by atoms with Crippen LogP contribution in [0.15, 0.2) is 0 Å². The van der Waals surface area contributed by atoms with E-state index in [1.165, 1.54) is 12.8 Å². The molecular formula is C13H26N2O2. The maximum Gasteiger partial charge on any atom is 0.0647 e. The van der Waals surface area contributed by atoms with Crippen molar-refractivity contribution in [2.45, 2.75) is 62.7 Å². The molecular weight excluding hydrogens is 216 g/mol. The molecule has 2 bridgehead atoms. The van der Waals surface area contributed by atoms with Crippen molar-refractivity contribution in [2.24, 2.45) is 0 Å². The Bertz CT molecular complexity index is 234. The molecule has 2 heterocycles. The van der Waals surface area contributed by atoms with Gasteiger partial charge >= 0.3 is 0 Å². The second-order valence-electron chi connectivity index (χ2n) is 5.81. The Labute approximate surface area is 104 Å². The third-order valence-electron chi connectivity index (χ3n) is 4.89. The van der Waals surface area contributed by atoms with Crippen LogP contribution in [0.25, 0.3) is 0 Å². The standard InChI is InChI=1S/C13H26N2O2/c1-3-13(8-16,9-17)14-10-6-11-4-5-12(7-10)15(11)2/h10-12,14,16-17H,3-9H2,1-2H3. The minimum absolute atomic E-state index is 0.0155. The first-order valence-electron chi connectivity index (χ1n) is 6.85. The van der Waals surface area contributed by atoms with Crippen LogP contribution in [0.2, 0.25) is 0 Å². The van der Waals surface area contributed by atoms with Crippen LogP contribution >= 0.6 is 0 Å². The molecule has 0 aliphatic carbocycles. The zero-order valence-corrected chi connectivity index (χ0v) is 11.0. The summed E-state index contributed by atoms with van der Waals surface area (Å²) in [4.78, 5) is 2.50. The molecule has 0 radical (unpaired) electrons. The normalized spacial score (nSPS) is 34.2. The summed E-state index contributed by atoms with van der Waals surface area (Å²) in [5.74, 6) is 0. The lowest BCUT2D eigenvalue weighted by Crippen LogP contribution is -2.58. The fraction of sp³-hybridized carbons (Fsp3) is 1.00. The molecule has 100 valence electrons. The molecule has 0 amide bonds. The molecule has 0 aromatic heterocycles. The molecule has 0 aromatic carbocycles. The fourth-order valence-corrected chi connectivity index (χ4v) is 3.43. The van der Waals surface area contributed by atoms with Gasteiger partial charge in [-0.1, -0.05) is 6.92 Å². The first-order valence-corrected chi connectivity index (χ1v) is 6.85. The van der Waals surface area contributed by atoms with Gasteiger partial charge in [0.25, 0.3) is 0 Å². The van der Waals surface area contributed by atoms with Crippen LogP contribution in [0.5, 0.6) is 0 Å². The third kappa shape index (κ3) is 2.50. The highest BCUT2D eigenvalue weighted by Gasteiger charge is 2.40. The van der Waals surface area contributed by atoms with E-state index < -0.39 is 5.54 Å². The summed E-state index contributed by atoms with van der Waals surface area (Å²) in [5.41, 5.74) is -0.486. The van der Waals surface area contributed by atoms with Gasteiger partial charge in [0.15, 0.2) is 0 Å². The summed E-state index contributed by atoms with van der Waals surface area (Å²) >= 11 is 0. The van der Waals surface area contributed by atoms with Gasteiger partial charge in [-0.2, -0.15) is 0 Å². The van der Waals surface area contributed by atoms with Crippen molar-refractivity contribution in [3.63, 3.8) is 0 Å². The molecule has 3 N–H and O–H groups in total. The van der Waals surface area contributed by atoms with E-state index in [0.717, 1.165) is 19.3 Å². The van der Waals surface area contributed by atoms with Crippen molar-refractivity contribution in [3.8, 4) is 0 Å². The first-order chi connectivity index (χ1) is 8.14. The number of hydrogen-bond acceptors (Lipinski definition) is 4. The smallest absolute Gasteiger partial charge is 0.0647 e. The SMILES string of the molecule is CCC(CO)(CO)NC1CC2CCC(C1)N2C. The first kappa shape index (κ1) is 13.3. The molecule has 0 spiro atoms. The summed E-state index contributed by atoms with van der Waals surface area (Å²) < 4.78 is 0. The second kappa shape index (κ2) is 5.22. The van der Waals surface area contributed by atoms with Crippen molar-refractivity contribution < 1.29 is 10.2 Å². The number of aliphatic hydroxyl groups is 2. The van der Waals surface area contributed by atoms with Crippen molar-refractivity contribution in [3.05, 3.63) is 0 Å². The molecule has 2 aliphatic heterocycles. The van der Waals surface area contributed by atoms with Crippen LogP contribution in [0.1, 0.15) is 39.0 Å². The van der Waals surface area contributed by atoms with E-state index in [2.05, 4.69) is 17.3 Å². The van der Waals surface area contributed by atoms with Crippen LogP contribution in [0.4, 0.5) is 0 Å². The van der Waals surface area contributed by atoms with Crippen LogP contribution in [-0.2, 0) is 0 Å². The lowest BCUT2D eigenvalue weighted by molar-refractivity contribution is 0.0562. The quantitative estimate of drug-likeness (QED) is 0.650. The van der Waals surface area contributed by atoms with E-state index in [0.29, 0.717) is 18.1 Å². The fourth-order valence-electron chi connectivity index (χ4n) is 3.43. The Morgan fingerprint density at radius 3 is 2.12 bits per heavy atom. The molecule has 2 aliphatic rings. The Kier molecular flexibility index (Phi) is 4.08. The maximum atomic E-state index is 9.47. The molecule has 0 saturated carbocycles. The van der Waals surface area contributed by atoms with E-state index in [1.54, 1.807) is 0 Å². The van der Waals surface area contributed by atoms with Crippen LogP contribution in [-0.4, -0.2) is 59.0 Å². The largest absolute Gasteiger partial charge is 0.394 e. The van der Waals surface area contributed by atoms with Gasteiger partial charge in [-0.05, 0) is 39.2 Å². The molecule has 2 fully saturated rings. The van der Waals surface area contributed by atoms with E-state index in [9.17, 15) is 10.2 Å². The Balaban J connectivity index is 1.96. The predicted molar refractivity (Wildman–Crippen MR) is 67.9 cm³/mol. The lowest BCUT2D eigenvalue weighted by atomic mass is 9.91. The minimum atomic E-state index is -0.486. The number of fused-ring (bicyclic) bond motifs is 2. The van der Waals surface area contributed by atoms with Gasteiger partial charge in [0.05, 0.1) is 18.8 Å². The van der Waals surface area contributed by atoms with E-state index in [-0.39, 0.29) is 13.2 Å². The van der Waals surface area contributed by atoms with E-state index in [1.807, 2.05) is 6.92 Å². The molecule has 2 saturated heterocycles. The minimum Gasteiger partial charge on any atom is -0.394 e. The summed E-state index contributed by atoms with van der Waals surface area (Å²) in [6.07, 6.45) is 5.67. The number of hydrogen-bond donors (Lipinski definition) is 3. The second-order valence-corrected chi connectivity index (χ2v) is 5.81. The van der Waals surface area contributed by atoms with Crippen molar-refractivity contribution in [1.82, 2.24) is 10.2 Å². The topological polar surface area (TPSA) is 55.7 Å². The third-order valence-corrected chi connectivity index (χ3v) is 4.89. The molecule has 4 nitrogen and oxygen atoms in total. The summed E-state index contributed by atoms with van der Waals surface area (Å²) in [6, 6.07) is 1.83. The molecule has 2 atom stereocenters. The van der Waals surface area contributed by atoms with Gasteiger partial charge in [-0.3, -0.25) is 0 Å². The van der Waals surface area contributed by atoms with Crippen molar-refractivity contribution >= 4 is 0 Å². The molecule has 2 rings (SSSR count). The molecule has 0 aromatic rings. The van der Waals surface area contributed by atoms with Gasteiger partial charge in [0.2, 0.25) is 0 Å². The average molecular weight is 242 g/mol. The Morgan fingerprint density at radius 2 is 1.71 bits per heavy atom. The Morgan fingerprint density at radius 1 is 1.18 bits per heavy atom. The van der Waals surface area contributed by atoms with Gasteiger partial charge in [-0.25, -0.2) is 0 Å². The molecule has 4 heteroatoms. The highest BCUT2D eigenvalue weighted by molar-refractivity contribution is 4.99. The summed E-state index contributed by atoms with van der Waals surface area (Å²) in [5, 5.41) is 22.5. The van der Waals surface area contributed by atoms with E-state index in [4.69, 9.17) is 0 Å². The number of nitrogens with zero attached hydrogens (tertiary/aromatic N) is 1. The highest BCUT2D eigenvalue weighted by Crippen LogP contribution is 2.34. The number of aliphatic hydroxyl groups excluding tert-OH is 2. The van der Waals surface area contributed by atoms with Gasteiger partial charge in [-0.15, -0.1) is 0 Å². The zero-order valence-electron chi connectivity index (χ0n) is 11.0. The van der Waals surface area contributed by atoms with Gasteiger partial charge in [0.1, 0.15) is 0 Å². The number of nitrogens with one attached hydrogen (secondary N) is 1. The predicted octanol–water partition coefficient (Wildman–Crippen LogP) is 0.335. The van der Waals surface area contributed by atoms with Gasteiger partial charge < -0.3 is 20.4 Å². The van der Waals surface area contributed by atoms with Crippen LogP contribution in [0.3, 0.4) is 0 Å². The van der Waals surface area contributed by atoms with E-state index >= 15 is 0 Å². The molecule has 17 heavy (non-hydrogen) atoms. The number of piperidine rings is 1. The van der Waals surface area contributed by atoms with Crippen LogP contribution in [0, 0.1) is 0 Å². The average Bonchev–Trinajstić information content (AvgIpc) is 2.58. The lowest BCUT2D eigenvalue weighted by Gasteiger charge is -2.41.